The highest BCUT2D eigenvalue weighted by molar-refractivity contribution is 5.34. The van der Waals surface area contributed by atoms with Crippen LogP contribution in [0.4, 0.5) is 0 Å². The van der Waals surface area contributed by atoms with E-state index in [-0.39, 0.29) is 0 Å². The van der Waals surface area contributed by atoms with Crippen LogP contribution in [0.25, 0.3) is 0 Å². The van der Waals surface area contributed by atoms with E-state index in [9.17, 15) is 0 Å². The molecule has 1 nitrogen and oxygen atoms in total. The van der Waals surface area contributed by atoms with Gasteiger partial charge in [0.05, 0.1) is 0 Å². The maximum Gasteiger partial charge on any atom is -0.00431 e. The second-order valence-corrected chi connectivity index (χ2v) is 4.57. The number of piperidine rings is 1. The molecule has 0 aromatic heterocycles. The van der Waals surface area contributed by atoms with Crippen molar-refractivity contribution in [2.24, 2.45) is 0 Å². The zero-order chi connectivity index (χ0) is 10.7. The molecule has 0 atom stereocenters. The molecule has 1 heteroatoms. The molecule has 1 N–H and O–H groups in total. The molecule has 0 bridgehead atoms. The third kappa shape index (κ3) is 2.40. The average molecular weight is 203 g/mol. The highest BCUT2D eigenvalue weighted by Crippen LogP contribution is 2.28. The van der Waals surface area contributed by atoms with Crippen LogP contribution < -0.4 is 5.32 Å². The summed E-state index contributed by atoms with van der Waals surface area (Å²) in [5.41, 5.74) is 4.55. The monoisotopic (exact) mass is 203 g/mol. The van der Waals surface area contributed by atoms with Gasteiger partial charge in [-0.1, -0.05) is 25.1 Å². The smallest absolute Gasteiger partial charge is 0.00431 e. The van der Waals surface area contributed by atoms with Crippen molar-refractivity contribution >= 4 is 0 Å². The predicted molar refractivity (Wildman–Crippen MR) is 65.4 cm³/mol. The number of hydrogen-bond acceptors (Lipinski definition) is 1. The first-order valence-corrected chi connectivity index (χ1v) is 6.11. The summed E-state index contributed by atoms with van der Waals surface area (Å²) in [6.45, 7) is 6.84. The highest BCUT2D eigenvalue weighted by atomic mass is 14.9. The fourth-order valence-electron chi connectivity index (χ4n) is 2.48. The number of aryl methyl sites for hydroxylation is 2. The van der Waals surface area contributed by atoms with E-state index in [2.05, 4.69) is 37.4 Å². The SMILES string of the molecule is CCc1ccc(C)c(C2CCNCC2)c1. The van der Waals surface area contributed by atoms with Gasteiger partial charge in [-0.15, -0.1) is 0 Å². The Morgan fingerprint density at radius 1 is 1.27 bits per heavy atom. The van der Waals surface area contributed by atoms with Gasteiger partial charge in [0.1, 0.15) is 0 Å². The maximum absolute atomic E-state index is 3.43. The van der Waals surface area contributed by atoms with Crippen LogP contribution in [0.1, 0.15) is 42.4 Å². The molecule has 0 spiro atoms. The molecule has 2 rings (SSSR count). The van der Waals surface area contributed by atoms with Gasteiger partial charge >= 0.3 is 0 Å². The first-order chi connectivity index (χ1) is 7.31. The van der Waals surface area contributed by atoms with E-state index in [1.807, 2.05) is 0 Å². The van der Waals surface area contributed by atoms with Crippen LogP contribution in [0.3, 0.4) is 0 Å². The van der Waals surface area contributed by atoms with Crippen LogP contribution in [0.5, 0.6) is 0 Å². The first kappa shape index (κ1) is 10.7. The molecule has 15 heavy (non-hydrogen) atoms. The summed E-state index contributed by atoms with van der Waals surface area (Å²) < 4.78 is 0. The maximum atomic E-state index is 3.43. The fourth-order valence-corrected chi connectivity index (χ4v) is 2.48. The predicted octanol–water partition coefficient (Wildman–Crippen LogP) is 3.02. The summed E-state index contributed by atoms with van der Waals surface area (Å²) in [4.78, 5) is 0. The fraction of sp³-hybridized carbons (Fsp3) is 0.571. The van der Waals surface area contributed by atoms with Crippen LogP contribution in [0.15, 0.2) is 18.2 Å². The Labute approximate surface area is 92.9 Å². The lowest BCUT2D eigenvalue weighted by atomic mass is 9.86. The van der Waals surface area contributed by atoms with Gasteiger partial charge in [0, 0.05) is 0 Å². The molecule has 1 aromatic rings. The quantitative estimate of drug-likeness (QED) is 0.779. The second kappa shape index (κ2) is 4.80. The van der Waals surface area contributed by atoms with E-state index < -0.39 is 0 Å². The zero-order valence-corrected chi connectivity index (χ0v) is 9.84. The number of rotatable bonds is 2. The molecular weight excluding hydrogens is 182 g/mol. The van der Waals surface area contributed by atoms with Crippen molar-refractivity contribution in [3.05, 3.63) is 34.9 Å². The normalized spacial score (nSPS) is 18.0. The molecule has 82 valence electrons. The molecule has 1 aliphatic heterocycles. The molecule has 0 saturated carbocycles. The molecular formula is C14H21N. The molecule has 1 fully saturated rings. The zero-order valence-electron chi connectivity index (χ0n) is 9.84. The Hall–Kier alpha value is -0.820. The molecule has 0 amide bonds. The summed E-state index contributed by atoms with van der Waals surface area (Å²) >= 11 is 0. The minimum atomic E-state index is 0.790. The van der Waals surface area contributed by atoms with E-state index in [0.717, 1.165) is 12.3 Å². The van der Waals surface area contributed by atoms with Gasteiger partial charge in [0.15, 0.2) is 0 Å². The van der Waals surface area contributed by atoms with Crippen molar-refractivity contribution in [2.45, 2.75) is 39.0 Å². The minimum absolute atomic E-state index is 0.790. The lowest BCUT2D eigenvalue weighted by molar-refractivity contribution is 0.459. The third-order valence-corrected chi connectivity index (χ3v) is 3.53. The van der Waals surface area contributed by atoms with Crippen LogP contribution in [0.2, 0.25) is 0 Å². The number of nitrogens with one attached hydrogen (secondary N) is 1. The van der Waals surface area contributed by atoms with Crippen LogP contribution in [-0.4, -0.2) is 13.1 Å². The highest BCUT2D eigenvalue weighted by Gasteiger charge is 2.16. The van der Waals surface area contributed by atoms with Crippen LogP contribution in [0, 0.1) is 6.92 Å². The first-order valence-electron chi connectivity index (χ1n) is 6.11. The van der Waals surface area contributed by atoms with Gasteiger partial charge in [-0.05, 0) is 61.9 Å². The van der Waals surface area contributed by atoms with E-state index in [0.29, 0.717) is 0 Å². The number of hydrogen-bond donors (Lipinski definition) is 1. The van der Waals surface area contributed by atoms with Gasteiger partial charge in [-0.25, -0.2) is 0 Å². The molecule has 0 radical (unpaired) electrons. The van der Waals surface area contributed by atoms with Crippen molar-refractivity contribution in [2.75, 3.05) is 13.1 Å². The molecule has 1 heterocycles. The summed E-state index contributed by atoms with van der Waals surface area (Å²) in [6, 6.07) is 6.97. The Bertz CT molecular complexity index is 324. The van der Waals surface area contributed by atoms with Crippen molar-refractivity contribution in [3.8, 4) is 0 Å². The molecule has 0 aliphatic carbocycles. The van der Waals surface area contributed by atoms with Crippen molar-refractivity contribution in [3.63, 3.8) is 0 Å². The van der Waals surface area contributed by atoms with Crippen LogP contribution >= 0.6 is 0 Å². The van der Waals surface area contributed by atoms with E-state index in [1.165, 1.54) is 37.1 Å². The third-order valence-electron chi connectivity index (χ3n) is 3.53. The molecule has 1 saturated heterocycles. The van der Waals surface area contributed by atoms with Gasteiger partial charge in [-0.3, -0.25) is 0 Å². The van der Waals surface area contributed by atoms with Gasteiger partial charge in [0.25, 0.3) is 0 Å². The largest absolute Gasteiger partial charge is 0.317 e. The van der Waals surface area contributed by atoms with Crippen LogP contribution in [-0.2, 0) is 6.42 Å². The van der Waals surface area contributed by atoms with Gasteiger partial charge in [-0.2, -0.15) is 0 Å². The van der Waals surface area contributed by atoms with E-state index in [4.69, 9.17) is 0 Å². The van der Waals surface area contributed by atoms with Crippen molar-refractivity contribution < 1.29 is 0 Å². The Kier molecular flexibility index (Phi) is 3.42. The van der Waals surface area contributed by atoms with Gasteiger partial charge < -0.3 is 5.32 Å². The lowest BCUT2D eigenvalue weighted by Gasteiger charge is -2.25. The van der Waals surface area contributed by atoms with Crippen molar-refractivity contribution in [1.29, 1.82) is 0 Å². The second-order valence-electron chi connectivity index (χ2n) is 4.57. The Balaban J connectivity index is 2.24. The summed E-state index contributed by atoms with van der Waals surface area (Å²) in [5.74, 6) is 0.790. The molecule has 1 aromatic carbocycles. The summed E-state index contributed by atoms with van der Waals surface area (Å²) in [5, 5.41) is 3.43. The topological polar surface area (TPSA) is 12.0 Å². The van der Waals surface area contributed by atoms with Crippen molar-refractivity contribution in [1.82, 2.24) is 5.32 Å². The average Bonchev–Trinajstić information content (AvgIpc) is 2.31. The minimum Gasteiger partial charge on any atom is -0.317 e. The lowest BCUT2D eigenvalue weighted by Crippen LogP contribution is -2.27. The van der Waals surface area contributed by atoms with E-state index >= 15 is 0 Å². The molecule has 1 aliphatic rings. The van der Waals surface area contributed by atoms with E-state index in [1.54, 1.807) is 5.56 Å². The Morgan fingerprint density at radius 3 is 2.67 bits per heavy atom. The summed E-state index contributed by atoms with van der Waals surface area (Å²) in [6.07, 6.45) is 3.75. The number of benzene rings is 1. The standard InChI is InChI=1S/C14H21N/c1-3-12-5-4-11(2)14(10-12)13-6-8-15-9-7-13/h4-5,10,13,15H,3,6-9H2,1-2H3. The Morgan fingerprint density at radius 2 is 2.00 bits per heavy atom. The van der Waals surface area contributed by atoms with Gasteiger partial charge in [0.2, 0.25) is 0 Å². The molecule has 0 unspecified atom stereocenters. The summed E-state index contributed by atoms with van der Waals surface area (Å²) in [7, 11) is 0.